The fourth-order valence-corrected chi connectivity index (χ4v) is 6.90. The topological polar surface area (TPSA) is 79.6 Å². The van der Waals surface area contributed by atoms with E-state index in [0.29, 0.717) is 48.3 Å². The van der Waals surface area contributed by atoms with Gasteiger partial charge in [0.2, 0.25) is 0 Å². The van der Waals surface area contributed by atoms with E-state index in [-0.39, 0.29) is 23.7 Å². The number of carbonyl (C=O) groups excluding carboxylic acids is 2. The lowest BCUT2D eigenvalue weighted by atomic mass is 10.1. The summed E-state index contributed by atoms with van der Waals surface area (Å²) < 4.78 is 27.2. The molecule has 244 valence electrons. The molecule has 2 saturated heterocycles. The lowest BCUT2D eigenvalue weighted by Gasteiger charge is -2.34. The summed E-state index contributed by atoms with van der Waals surface area (Å²) in [5, 5.41) is 0. The lowest BCUT2D eigenvalue weighted by molar-refractivity contribution is 0.0631. The Morgan fingerprint density at radius 2 is 1.81 bits per heavy atom. The van der Waals surface area contributed by atoms with Gasteiger partial charge < -0.3 is 19.3 Å². The smallest absolute Gasteiger partial charge is 0.274 e. The van der Waals surface area contributed by atoms with E-state index >= 15 is 0 Å². The zero-order valence-corrected chi connectivity index (χ0v) is 26.7. The number of hydrogen-bond acceptors (Lipinski definition) is 6. The Labute approximate surface area is 274 Å². The number of amides is 2. The van der Waals surface area contributed by atoms with E-state index in [0.717, 1.165) is 74.9 Å². The van der Waals surface area contributed by atoms with E-state index in [1.165, 1.54) is 12.1 Å². The molecule has 0 aliphatic carbocycles. The number of hydrogen-bond donors (Lipinski definition) is 0. The molecule has 0 bridgehead atoms. The highest BCUT2D eigenvalue weighted by Gasteiger charge is 2.32. The predicted octanol–water partition coefficient (Wildman–Crippen LogP) is 5.79. The van der Waals surface area contributed by atoms with Crippen molar-refractivity contribution in [3.8, 4) is 22.9 Å². The number of aromatic nitrogens is 2. The number of halogens is 1. The Kier molecular flexibility index (Phi) is 8.93. The summed E-state index contributed by atoms with van der Waals surface area (Å²) in [5.41, 5.74) is 3.48. The zero-order valence-electron chi connectivity index (χ0n) is 26.7. The van der Waals surface area contributed by atoms with Gasteiger partial charge in [0.05, 0.1) is 30.8 Å². The second-order valence-electron chi connectivity index (χ2n) is 12.4. The van der Waals surface area contributed by atoms with Crippen LogP contribution in [0.4, 0.5) is 4.39 Å². The zero-order chi connectivity index (χ0) is 32.3. The molecule has 3 aliphatic heterocycles. The van der Waals surface area contributed by atoms with Crippen LogP contribution in [0.3, 0.4) is 0 Å². The fraction of sp³-hybridized carbons (Fsp3) is 0.378. The van der Waals surface area contributed by atoms with Gasteiger partial charge in [-0.3, -0.25) is 18.9 Å². The number of methoxy groups -OCH3 is 1. The minimum Gasteiger partial charge on any atom is -0.493 e. The lowest BCUT2D eigenvalue weighted by Crippen LogP contribution is -2.49. The number of nitrogens with zero attached hydrogens (tertiary/aromatic N) is 5. The molecular formula is C37H40FN5O4. The molecule has 2 amide bonds. The Hall–Kier alpha value is -4.70. The van der Waals surface area contributed by atoms with E-state index in [9.17, 15) is 14.0 Å². The second kappa shape index (κ2) is 13.6. The first-order valence-corrected chi connectivity index (χ1v) is 16.6. The van der Waals surface area contributed by atoms with Gasteiger partial charge in [-0.15, -0.1) is 0 Å². The van der Waals surface area contributed by atoms with E-state index in [1.54, 1.807) is 19.2 Å². The summed E-state index contributed by atoms with van der Waals surface area (Å²) in [6.07, 6.45) is 11.1. The maximum Gasteiger partial charge on any atom is 0.274 e. The Bertz CT molecular complexity index is 1790. The van der Waals surface area contributed by atoms with E-state index in [4.69, 9.17) is 14.5 Å². The summed E-state index contributed by atoms with van der Waals surface area (Å²) in [5.74, 6) is 1.56. The van der Waals surface area contributed by atoms with Gasteiger partial charge in [0.15, 0.2) is 17.2 Å². The monoisotopic (exact) mass is 637 g/mol. The van der Waals surface area contributed by atoms with Crippen LogP contribution in [-0.4, -0.2) is 94.9 Å². The van der Waals surface area contributed by atoms with E-state index < -0.39 is 0 Å². The molecule has 3 aliphatic rings. The summed E-state index contributed by atoms with van der Waals surface area (Å²) in [7, 11) is 1.61. The number of fused-ring (bicyclic) bond motifs is 3. The van der Waals surface area contributed by atoms with Gasteiger partial charge in [-0.1, -0.05) is 18.2 Å². The first kappa shape index (κ1) is 30.9. The van der Waals surface area contributed by atoms with Crippen LogP contribution in [0.5, 0.6) is 11.5 Å². The van der Waals surface area contributed by atoms with Crippen molar-refractivity contribution in [1.29, 1.82) is 0 Å². The number of unbranched alkanes of at least 4 members (excludes halogenated alkanes) is 2. The summed E-state index contributed by atoms with van der Waals surface area (Å²) in [4.78, 5) is 37.7. The van der Waals surface area contributed by atoms with Crippen LogP contribution in [0, 0.1) is 5.82 Å². The van der Waals surface area contributed by atoms with Gasteiger partial charge in [0, 0.05) is 44.5 Å². The van der Waals surface area contributed by atoms with Crippen molar-refractivity contribution >= 4 is 23.4 Å². The highest BCUT2D eigenvalue weighted by atomic mass is 19.1. The maximum atomic E-state index is 13.6. The van der Waals surface area contributed by atoms with E-state index in [2.05, 4.69) is 11.0 Å². The third-order valence-corrected chi connectivity index (χ3v) is 9.51. The van der Waals surface area contributed by atoms with Crippen molar-refractivity contribution in [2.24, 2.45) is 0 Å². The van der Waals surface area contributed by atoms with Crippen LogP contribution in [0.1, 0.15) is 58.5 Å². The van der Waals surface area contributed by atoms with Gasteiger partial charge in [0.25, 0.3) is 11.8 Å². The van der Waals surface area contributed by atoms with Crippen LogP contribution >= 0.6 is 0 Å². The summed E-state index contributed by atoms with van der Waals surface area (Å²) in [6, 6.07) is 15.8. The third-order valence-electron chi connectivity index (χ3n) is 9.51. The minimum atomic E-state index is -0.309. The second-order valence-corrected chi connectivity index (χ2v) is 12.4. The maximum absolute atomic E-state index is 13.6. The number of imidazole rings is 1. The number of benzene rings is 2. The molecule has 1 atom stereocenters. The molecule has 9 nitrogen and oxygen atoms in total. The van der Waals surface area contributed by atoms with Crippen molar-refractivity contribution in [2.45, 2.75) is 38.1 Å². The van der Waals surface area contributed by atoms with Crippen molar-refractivity contribution in [1.82, 2.24) is 24.1 Å². The Morgan fingerprint density at radius 3 is 2.62 bits per heavy atom. The minimum absolute atomic E-state index is 0.0636. The number of rotatable bonds is 10. The molecule has 4 aromatic rings. The molecule has 7 rings (SSSR count). The van der Waals surface area contributed by atoms with E-state index in [1.807, 2.05) is 56.8 Å². The number of piperazine rings is 1. The fourth-order valence-electron chi connectivity index (χ4n) is 6.90. The van der Waals surface area contributed by atoms with Crippen LogP contribution in [-0.2, 0) is 0 Å². The number of carbonyl (C=O) groups is 2. The number of pyridine rings is 1. The molecular weight excluding hydrogens is 597 g/mol. The Morgan fingerprint density at radius 1 is 0.979 bits per heavy atom. The molecule has 0 unspecified atom stereocenters. The first-order valence-electron chi connectivity index (χ1n) is 16.6. The van der Waals surface area contributed by atoms with Crippen molar-refractivity contribution in [3.63, 3.8) is 0 Å². The summed E-state index contributed by atoms with van der Waals surface area (Å²) >= 11 is 0. The van der Waals surface area contributed by atoms with Crippen LogP contribution < -0.4 is 9.47 Å². The van der Waals surface area contributed by atoms with Gasteiger partial charge in [-0.05, 0) is 92.7 Å². The highest BCUT2D eigenvalue weighted by molar-refractivity contribution is 6.01. The predicted molar refractivity (Wildman–Crippen MR) is 178 cm³/mol. The van der Waals surface area contributed by atoms with Gasteiger partial charge in [-0.2, -0.15) is 0 Å². The van der Waals surface area contributed by atoms with Crippen LogP contribution in [0.15, 0.2) is 66.9 Å². The molecule has 2 aromatic heterocycles. The average molecular weight is 638 g/mol. The molecule has 0 radical (unpaired) electrons. The highest BCUT2D eigenvalue weighted by Crippen LogP contribution is 2.35. The molecule has 0 saturated carbocycles. The molecule has 10 heteroatoms. The quantitative estimate of drug-likeness (QED) is 0.205. The van der Waals surface area contributed by atoms with Crippen molar-refractivity contribution in [2.75, 3.05) is 53.0 Å². The largest absolute Gasteiger partial charge is 0.493 e. The molecule has 2 aromatic carbocycles. The normalized spacial score (nSPS) is 17.9. The van der Waals surface area contributed by atoms with Crippen LogP contribution in [0.2, 0.25) is 0 Å². The van der Waals surface area contributed by atoms with Gasteiger partial charge in [0.1, 0.15) is 11.6 Å². The molecule has 0 spiro atoms. The molecule has 47 heavy (non-hydrogen) atoms. The third kappa shape index (κ3) is 6.34. The standard InChI is InChI=1S/C37H40FN5O4/c1-46-32-25-30-27(12-15-29-8-7-18-42(29)36(30)44)24-33(32)47-23-6-2-4-16-40-19-21-41(22-20-40)37(45)34-31-9-3-5-17-43(31)35(39-34)26-10-13-28(38)14-11-26/h3,5,9-15,17,24-25,29H,2,4,6-8,16,18-23H2,1H3/t29-/m0/s1. The summed E-state index contributed by atoms with van der Waals surface area (Å²) in [6.45, 7) is 5.26. The van der Waals surface area contributed by atoms with Crippen LogP contribution in [0.25, 0.3) is 23.0 Å². The SMILES string of the molecule is COc1cc2c(cc1OCCCCCN1CCN(C(=O)c3nc(-c4ccc(F)cc4)n4ccccc34)CC1)C=C[C@@H]1CCCN1C2=O. The van der Waals surface area contributed by atoms with Gasteiger partial charge in [-0.25, -0.2) is 9.37 Å². The van der Waals surface area contributed by atoms with Crippen molar-refractivity contribution in [3.05, 3.63) is 89.5 Å². The molecule has 5 heterocycles. The average Bonchev–Trinajstić information content (AvgIpc) is 3.71. The van der Waals surface area contributed by atoms with Gasteiger partial charge >= 0.3 is 0 Å². The Balaban J connectivity index is 0.881. The van der Waals surface area contributed by atoms with Crippen molar-refractivity contribution < 1.29 is 23.5 Å². The number of ether oxygens (including phenoxy) is 2. The molecule has 0 N–H and O–H groups in total. The molecule has 2 fully saturated rings. The first-order chi connectivity index (χ1) is 23.0.